The van der Waals surface area contributed by atoms with Crippen LogP contribution in [0.2, 0.25) is 0 Å². The minimum Gasteiger partial charge on any atom is -0.339 e. The molecule has 2 aromatic heterocycles. The van der Waals surface area contributed by atoms with Gasteiger partial charge in [0.2, 0.25) is 11.0 Å². The Morgan fingerprint density at radius 2 is 2.08 bits per heavy atom. The van der Waals surface area contributed by atoms with Crippen LogP contribution in [0.15, 0.2) is 27.9 Å². The van der Waals surface area contributed by atoms with Gasteiger partial charge in [0, 0.05) is 6.42 Å². The summed E-state index contributed by atoms with van der Waals surface area (Å²) in [5.41, 5.74) is 3.34. The van der Waals surface area contributed by atoms with Gasteiger partial charge in [-0.2, -0.15) is 9.67 Å². The predicted octanol–water partition coefficient (Wildman–Crippen LogP) is 3.15. The van der Waals surface area contributed by atoms with Gasteiger partial charge in [0.1, 0.15) is 0 Å². The van der Waals surface area contributed by atoms with Gasteiger partial charge in [0.25, 0.3) is 0 Å². The smallest absolute Gasteiger partial charge is 0.226 e. The van der Waals surface area contributed by atoms with Crippen LogP contribution < -0.4 is 0 Å². The first-order chi connectivity index (χ1) is 11.5. The second-order valence-electron chi connectivity index (χ2n) is 6.08. The maximum absolute atomic E-state index is 5.26. The molecule has 126 valence electrons. The molecule has 0 N–H and O–H groups in total. The van der Waals surface area contributed by atoms with Crippen molar-refractivity contribution in [3.8, 4) is 5.69 Å². The number of thioether (sulfide) groups is 1. The molecule has 0 bridgehead atoms. The van der Waals surface area contributed by atoms with E-state index in [1.54, 1.807) is 4.68 Å². The highest BCUT2D eigenvalue weighted by molar-refractivity contribution is 7.98. The lowest BCUT2D eigenvalue weighted by atomic mass is 10.1. The van der Waals surface area contributed by atoms with Crippen LogP contribution in [0.25, 0.3) is 5.69 Å². The maximum Gasteiger partial charge on any atom is 0.226 e. The summed E-state index contributed by atoms with van der Waals surface area (Å²) in [7, 11) is 0. The van der Waals surface area contributed by atoms with Crippen LogP contribution in [-0.4, -0.2) is 30.3 Å². The molecule has 0 spiro atoms. The van der Waals surface area contributed by atoms with E-state index in [9.17, 15) is 0 Å². The minimum absolute atomic E-state index is 0.488. The van der Waals surface area contributed by atoms with Gasteiger partial charge in [0.15, 0.2) is 5.82 Å². The number of nitrogens with zero attached hydrogens (tertiary/aromatic N) is 6. The first kappa shape index (κ1) is 16.6. The average molecular weight is 344 g/mol. The molecular weight excluding hydrogens is 324 g/mol. The van der Waals surface area contributed by atoms with Gasteiger partial charge >= 0.3 is 0 Å². The lowest BCUT2D eigenvalue weighted by Gasteiger charge is -2.08. The quantitative estimate of drug-likeness (QED) is 0.635. The maximum atomic E-state index is 5.26. The molecule has 8 heteroatoms. The number of tetrazole rings is 1. The highest BCUT2D eigenvalue weighted by Gasteiger charge is 2.14. The van der Waals surface area contributed by atoms with Gasteiger partial charge in [-0.1, -0.05) is 42.9 Å². The number of aryl methyl sites for hydroxylation is 1. The second-order valence-corrected chi connectivity index (χ2v) is 7.03. The van der Waals surface area contributed by atoms with E-state index in [1.165, 1.54) is 17.3 Å². The highest BCUT2D eigenvalue weighted by Crippen LogP contribution is 2.24. The van der Waals surface area contributed by atoms with E-state index in [0.717, 1.165) is 17.7 Å². The Morgan fingerprint density at radius 1 is 1.25 bits per heavy atom. The van der Waals surface area contributed by atoms with Crippen molar-refractivity contribution in [2.75, 3.05) is 0 Å². The zero-order valence-corrected chi connectivity index (χ0v) is 15.0. The Bertz CT molecular complexity index is 826. The molecule has 3 aromatic rings. The van der Waals surface area contributed by atoms with Crippen molar-refractivity contribution >= 4 is 11.8 Å². The molecule has 0 saturated carbocycles. The molecule has 0 fully saturated rings. The topological polar surface area (TPSA) is 82.5 Å². The highest BCUT2D eigenvalue weighted by atomic mass is 32.2. The SMILES string of the molecule is Cc1cccc(-n2nnnc2SCc2noc(CC(C)C)n2)c1C. The Morgan fingerprint density at radius 3 is 2.88 bits per heavy atom. The Hall–Kier alpha value is -2.22. The van der Waals surface area contributed by atoms with Crippen molar-refractivity contribution in [3.63, 3.8) is 0 Å². The lowest BCUT2D eigenvalue weighted by Crippen LogP contribution is -2.02. The van der Waals surface area contributed by atoms with Crippen molar-refractivity contribution < 1.29 is 4.52 Å². The molecule has 0 amide bonds. The largest absolute Gasteiger partial charge is 0.339 e. The molecule has 0 radical (unpaired) electrons. The summed E-state index contributed by atoms with van der Waals surface area (Å²) in [5, 5.41) is 16.8. The van der Waals surface area contributed by atoms with Crippen LogP contribution in [0.3, 0.4) is 0 Å². The van der Waals surface area contributed by atoms with Crippen LogP contribution in [0.1, 0.15) is 36.7 Å². The third-order valence-electron chi connectivity index (χ3n) is 3.67. The third-order valence-corrected chi connectivity index (χ3v) is 4.58. The Kier molecular flexibility index (Phi) is 4.94. The normalized spacial score (nSPS) is 11.4. The van der Waals surface area contributed by atoms with Gasteiger partial charge in [-0.05, 0) is 47.4 Å². The van der Waals surface area contributed by atoms with Crippen molar-refractivity contribution in [2.24, 2.45) is 5.92 Å². The predicted molar refractivity (Wildman–Crippen MR) is 91.0 cm³/mol. The van der Waals surface area contributed by atoms with Gasteiger partial charge in [-0.25, -0.2) is 0 Å². The fraction of sp³-hybridized carbons (Fsp3) is 0.438. The monoisotopic (exact) mass is 344 g/mol. The van der Waals surface area contributed by atoms with Crippen LogP contribution in [-0.2, 0) is 12.2 Å². The summed E-state index contributed by atoms with van der Waals surface area (Å²) in [4.78, 5) is 4.41. The number of rotatable bonds is 6. The minimum atomic E-state index is 0.488. The molecule has 0 aliphatic rings. The van der Waals surface area contributed by atoms with E-state index >= 15 is 0 Å². The zero-order chi connectivity index (χ0) is 17.1. The summed E-state index contributed by atoms with van der Waals surface area (Å²) < 4.78 is 7.01. The summed E-state index contributed by atoms with van der Waals surface area (Å²) in [6.07, 6.45) is 0.790. The summed E-state index contributed by atoms with van der Waals surface area (Å²) >= 11 is 1.49. The molecule has 0 aliphatic heterocycles. The zero-order valence-electron chi connectivity index (χ0n) is 14.2. The van der Waals surface area contributed by atoms with Gasteiger partial charge < -0.3 is 4.52 Å². The molecule has 0 aliphatic carbocycles. The van der Waals surface area contributed by atoms with Crippen LogP contribution in [0.5, 0.6) is 0 Å². The van der Waals surface area contributed by atoms with Gasteiger partial charge in [-0.3, -0.25) is 0 Å². The molecule has 2 heterocycles. The number of benzene rings is 1. The second kappa shape index (κ2) is 7.12. The molecule has 3 rings (SSSR count). The molecular formula is C16H20N6OS. The molecule has 24 heavy (non-hydrogen) atoms. The van der Waals surface area contributed by atoms with Crippen LogP contribution in [0.4, 0.5) is 0 Å². The average Bonchev–Trinajstić information content (AvgIpc) is 3.16. The van der Waals surface area contributed by atoms with Crippen molar-refractivity contribution in [1.82, 2.24) is 30.3 Å². The van der Waals surface area contributed by atoms with E-state index in [2.05, 4.69) is 59.4 Å². The van der Waals surface area contributed by atoms with Gasteiger partial charge in [0.05, 0.1) is 11.4 Å². The Balaban J connectivity index is 1.74. The molecule has 0 atom stereocenters. The van der Waals surface area contributed by atoms with E-state index in [4.69, 9.17) is 4.52 Å². The molecule has 0 unspecified atom stereocenters. The number of hydrogen-bond acceptors (Lipinski definition) is 7. The van der Waals surface area contributed by atoms with Crippen LogP contribution in [0, 0.1) is 19.8 Å². The van der Waals surface area contributed by atoms with Crippen molar-refractivity contribution in [3.05, 3.63) is 41.0 Å². The first-order valence-electron chi connectivity index (χ1n) is 7.84. The molecule has 1 aromatic carbocycles. The van der Waals surface area contributed by atoms with Crippen molar-refractivity contribution in [1.29, 1.82) is 0 Å². The molecule has 7 nitrogen and oxygen atoms in total. The van der Waals surface area contributed by atoms with E-state index in [0.29, 0.717) is 28.5 Å². The van der Waals surface area contributed by atoms with E-state index in [-0.39, 0.29) is 0 Å². The molecule has 0 saturated heterocycles. The standard InChI is InChI=1S/C16H20N6OS/c1-10(2)8-15-17-14(19-23-15)9-24-16-18-20-21-22(16)13-7-5-6-11(3)12(13)4/h5-7,10H,8-9H2,1-4H3. The van der Waals surface area contributed by atoms with Gasteiger partial charge in [-0.15, -0.1) is 5.10 Å². The number of hydrogen-bond donors (Lipinski definition) is 0. The summed E-state index contributed by atoms with van der Waals surface area (Å²) in [6.45, 7) is 8.39. The third kappa shape index (κ3) is 3.64. The fourth-order valence-electron chi connectivity index (χ4n) is 2.30. The van der Waals surface area contributed by atoms with E-state index < -0.39 is 0 Å². The lowest BCUT2D eigenvalue weighted by molar-refractivity contribution is 0.360. The van der Waals surface area contributed by atoms with Crippen molar-refractivity contribution in [2.45, 2.75) is 45.0 Å². The van der Waals surface area contributed by atoms with Crippen LogP contribution >= 0.6 is 11.8 Å². The number of aromatic nitrogens is 6. The Labute approximate surface area is 144 Å². The summed E-state index contributed by atoms with van der Waals surface area (Å²) in [6, 6.07) is 6.09. The first-order valence-corrected chi connectivity index (χ1v) is 8.82. The fourth-order valence-corrected chi connectivity index (χ4v) is 3.02. The van der Waals surface area contributed by atoms with E-state index in [1.807, 2.05) is 12.1 Å². The summed E-state index contributed by atoms with van der Waals surface area (Å²) in [5.74, 6) is 2.38.